The Morgan fingerprint density at radius 2 is 1.52 bits per heavy atom. The van der Waals surface area contributed by atoms with E-state index in [-0.39, 0.29) is 18.6 Å². The van der Waals surface area contributed by atoms with Crippen molar-refractivity contribution in [3.05, 3.63) is 72.6 Å². The van der Waals surface area contributed by atoms with Gasteiger partial charge in [-0.1, -0.05) is 61.6 Å². The summed E-state index contributed by atoms with van der Waals surface area (Å²) in [6, 6.07) is 0. The second kappa shape index (κ2) is 17.1. The molecule has 0 fully saturated rings. The van der Waals surface area contributed by atoms with Gasteiger partial charge in [-0.2, -0.15) is 0 Å². The molecule has 0 spiro atoms. The van der Waals surface area contributed by atoms with Crippen molar-refractivity contribution in [1.82, 2.24) is 0 Å². The van der Waals surface area contributed by atoms with E-state index in [0.29, 0.717) is 0 Å². The Morgan fingerprint density at radius 3 is 2.19 bits per heavy atom. The molecule has 0 aromatic carbocycles. The van der Waals surface area contributed by atoms with Gasteiger partial charge in [0.05, 0.1) is 6.10 Å². The number of carboxylic acids is 1. The molecule has 0 bridgehead atoms. The van der Waals surface area contributed by atoms with E-state index in [9.17, 15) is 20.1 Å². The van der Waals surface area contributed by atoms with Crippen LogP contribution in [-0.4, -0.2) is 38.6 Å². The predicted molar refractivity (Wildman–Crippen MR) is 109 cm³/mol. The molecule has 0 heterocycles. The van der Waals surface area contributed by atoms with Crippen molar-refractivity contribution in [3.8, 4) is 0 Å². The van der Waals surface area contributed by atoms with Crippen LogP contribution in [0, 0.1) is 0 Å². The van der Waals surface area contributed by atoms with Crippen molar-refractivity contribution in [2.24, 2.45) is 0 Å². The smallest absolute Gasteiger partial charge is 0.303 e. The van der Waals surface area contributed by atoms with Crippen molar-refractivity contribution < 1.29 is 25.2 Å². The summed E-state index contributed by atoms with van der Waals surface area (Å²) in [4.78, 5) is 10.4. The minimum absolute atomic E-state index is 0.0832. The number of carboxylic acid groups (broad SMARTS) is 1. The van der Waals surface area contributed by atoms with Gasteiger partial charge in [-0.05, 0) is 44.3 Å². The molecule has 0 rings (SSSR count). The summed E-state index contributed by atoms with van der Waals surface area (Å²) in [6.45, 7) is 2.12. The van der Waals surface area contributed by atoms with Gasteiger partial charge in [0.1, 0.15) is 11.9 Å². The van der Waals surface area contributed by atoms with Crippen LogP contribution >= 0.6 is 0 Å². The van der Waals surface area contributed by atoms with E-state index in [4.69, 9.17) is 5.11 Å². The third kappa shape index (κ3) is 16.8. The zero-order valence-electron chi connectivity index (χ0n) is 15.9. The maximum Gasteiger partial charge on any atom is 0.303 e. The minimum atomic E-state index is -1.31. The fraction of sp³-hybridized carbons (Fsp3) is 0.409. The molecular weight excluding hydrogens is 344 g/mol. The fourth-order valence-corrected chi connectivity index (χ4v) is 1.98. The lowest BCUT2D eigenvalue weighted by Crippen LogP contribution is -2.24. The number of carbonyl (C=O) groups is 1. The number of aliphatic carboxylic acids is 1. The van der Waals surface area contributed by atoms with Gasteiger partial charge in [0.25, 0.3) is 0 Å². The van der Waals surface area contributed by atoms with Crippen molar-refractivity contribution in [1.29, 1.82) is 0 Å². The topological polar surface area (TPSA) is 98.0 Å². The monoisotopic (exact) mass is 376 g/mol. The third-order valence-corrected chi connectivity index (χ3v) is 3.46. The molecule has 0 saturated carbocycles. The number of hydrogen-bond acceptors (Lipinski definition) is 4. The zero-order valence-corrected chi connectivity index (χ0v) is 15.9. The quantitative estimate of drug-likeness (QED) is 0.156. The number of aliphatic hydroxyl groups excluding tert-OH is 3. The molecule has 0 aliphatic carbocycles. The van der Waals surface area contributed by atoms with Crippen LogP contribution in [0.4, 0.5) is 0 Å². The van der Waals surface area contributed by atoms with Gasteiger partial charge in [-0.25, -0.2) is 0 Å². The Bertz CT molecular complexity index is 567. The van der Waals surface area contributed by atoms with Crippen LogP contribution in [0.25, 0.3) is 0 Å². The highest BCUT2D eigenvalue weighted by molar-refractivity contribution is 5.66. The first-order valence-electron chi connectivity index (χ1n) is 9.26. The fourth-order valence-electron chi connectivity index (χ4n) is 1.98. The number of unbranched alkanes of at least 4 members (excludes halogenated alkanes) is 1. The van der Waals surface area contributed by atoms with Crippen LogP contribution < -0.4 is 0 Å². The summed E-state index contributed by atoms with van der Waals surface area (Å²) in [5.74, 6) is -1.25. The SMILES string of the molecule is CCC=CCCC=CC=CCC=CC=CC(O)=CC(O)[C@@H](O)CCC(=O)O. The highest BCUT2D eigenvalue weighted by Crippen LogP contribution is 2.06. The Labute approximate surface area is 162 Å². The van der Waals surface area contributed by atoms with Crippen LogP contribution in [0.5, 0.6) is 0 Å². The van der Waals surface area contributed by atoms with Crippen LogP contribution in [0.1, 0.15) is 45.4 Å². The molecule has 5 heteroatoms. The highest BCUT2D eigenvalue weighted by atomic mass is 16.4. The standard InChI is InChI=1S/C22H32O5/c1-2-3-4-5-6-7-8-9-10-11-12-13-14-15-19(23)18-21(25)20(24)16-17-22(26)27/h3-4,7-10,12-15,18,20-21,23-25H,2,5-6,11,16-17H2,1H3,(H,26,27)/t20-,21?/m0/s1. The van der Waals surface area contributed by atoms with Gasteiger partial charge < -0.3 is 20.4 Å². The highest BCUT2D eigenvalue weighted by Gasteiger charge is 2.15. The molecule has 0 aromatic rings. The van der Waals surface area contributed by atoms with E-state index in [1.54, 1.807) is 12.2 Å². The van der Waals surface area contributed by atoms with E-state index >= 15 is 0 Å². The Hall–Kier alpha value is -2.37. The Morgan fingerprint density at radius 1 is 0.889 bits per heavy atom. The second-order valence-electron chi connectivity index (χ2n) is 5.92. The number of allylic oxidation sites excluding steroid dienone is 10. The molecule has 0 aliphatic heterocycles. The molecule has 0 amide bonds. The first kappa shape index (κ1) is 24.6. The first-order valence-corrected chi connectivity index (χ1v) is 9.26. The molecule has 27 heavy (non-hydrogen) atoms. The van der Waals surface area contributed by atoms with Gasteiger partial charge in [0.15, 0.2) is 0 Å². The summed E-state index contributed by atoms with van der Waals surface area (Å²) in [6.07, 6.45) is 21.3. The van der Waals surface area contributed by atoms with E-state index in [0.717, 1.165) is 31.8 Å². The van der Waals surface area contributed by atoms with Crippen LogP contribution in [0.15, 0.2) is 72.6 Å². The summed E-state index contributed by atoms with van der Waals surface area (Å²) < 4.78 is 0. The molecule has 4 N–H and O–H groups in total. The van der Waals surface area contributed by atoms with E-state index in [1.807, 2.05) is 24.3 Å². The zero-order chi connectivity index (χ0) is 20.3. The van der Waals surface area contributed by atoms with Crippen molar-refractivity contribution in [3.63, 3.8) is 0 Å². The predicted octanol–water partition coefficient (Wildman–Crippen LogP) is 4.38. The molecule has 5 nitrogen and oxygen atoms in total. The summed E-state index contributed by atoms with van der Waals surface area (Å²) >= 11 is 0. The molecule has 1 unspecified atom stereocenters. The minimum Gasteiger partial charge on any atom is -0.508 e. The van der Waals surface area contributed by atoms with Gasteiger partial charge >= 0.3 is 5.97 Å². The molecule has 2 atom stereocenters. The molecule has 0 aromatic heterocycles. The van der Waals surface area contributed by atoms with Crippen LogP contribution in [-0.2, 0) is 4.79 Å². The van der Waals surface area contributed by atoms with Crippen molar-refractivity contribution >= 4 is 5.97 Å². The van der Waals surface area contributed by atoms with Gasteiger partial charge in [-0.15, -0.1) is 0 Å². The maximum atomic E-state index is 10.4. The van der Waals surface area contributed by atoms with Crippen molar-refractivity contribution in [2.45, 2.75) is 57.7 Å². The van der Waals surface area contributed by atoms with Crippen molar-refractivity contribution in [2.75, 3.05) is 0 Å². The Balaban J connectivity index is 4.07. The average Bonchev–Trinajstić information content (AvgIpc) is 2.63. The molecule has 0 aliphatic rings. The maximum absolute atomic E-state index is 10.4. The molecule has 0 saturated heterocycles. The van der Waals surface area contributed by atoms with Gasteiger partial charge in [-0.3, -0.25) is 4.79 Å². The lowest BCUT2D eigenvalue weighted by molar-refractivity contribution is -0.137. The lowest BCUT2D eigenvalue weighted by Gasteiger charge is -2.13. The normalized spacial score (nSPS) is 15.7. The Kier molecular flexibility index (Phi) is 15.6. The number of hydrogen-bond donors (Lipinski definition) is 4. The summed E-state index contributed by atoms with van der Waals surface area (Å²) in [5, 5.41) is 37.4. The summed E-state index contributed by atoms with van der Waals surface area (Å²) in [5.41, 5.74) is 0. The lowest BCUT2D eigenvalue weighted by atomic mass is 10.1. The van der Waals surface area contributed by atoms with Gasteiger partial charge in [0, 0.05) is 6.42 Å². The third-order valence-electron chi connectivity index (χ3n) is 3.46. The molecule has 0 radical (unpaired) electrons. The molecule has 150 valence electrons. The molecular formula is C22H32O5. The summed E-state index contributed by atoms with van der Waals surface area (Å²) in [7, 11) is 0. The second-order valence-corrected chi connectivity index (χ2v) is 5.92. The number of aliphatic hydroxyl groups is 3. The van der Waals surface area contributed by atoms with Gasteiger partial charge in [0.2, 0.25) is 0 Å². The average molecular weight is 376 g/mol. The van der Waals surface area contributed by atoms with Crippen LogP contribution in [0.2, 0.25) is 0 Å². The van der Waals surface area contributed by atoms with Crippen LogP contribution in [0.3, 0.4) is 0 Å². The number of rotatable bonds is 14. The van der Waals surface area contributed by atoms with E-state index < -0.39 is 18.2 Å². The van der Waals surface area contributed by atoms with E-state index in [2.05, 4.69) is 25.2 Å². The van der Waals surface area contributed by atoms with E-state index in [1.165, 1.54) is 6.08 Å². The largest absolute Gasteiger partial charge is 0.508 e. The first-order chi connectivity index (χ1) is 13.0.